The fourth-order valence-corrected chi connectivity index (χ4v) is 9.74. The highest BCUT2D eigenvalue weighted by Gasteiger charge is 2.21. The quantitative estimate of drug-likeness (QED) is 0.113. The molecule has 0 saturated heterocycles. The number of fused-ring (bicyclic) bond motifs is 10. The van der Waals surface area contributed by atoms with Gasteiger partial charge in [0, 0.05) is 22.6 Å². The lowest BCUT2D eigenvalue weighted by molar-refractivity contribution is 1.11. The molecule has 4 aromatic heterocycles. The molecule has 4 heterocycles. The first-order valence-corrected chi connectivity index (χ1v) is 23.1. The molecule has 0 aliphatic heterocycles. The van der Waals surface area contributed by atoms with Crippen molar-refractivity contribution in [2.24, 2.45) is 9.98 Å². The highest BCUT2D eigenvalue weighted by molar-refractivity contribution is 6.13. The van der Waals surface area contributed by atoms with E-state index in [1.165, 1.54) is 11.1 Å². The van der Waals surface area contributed by atoms with E-state index in [4.69, 9.17) is 20.0 Å². The van der Waals surface area contributed by atoms with E-state index in [2.05, 4.69) is 194 Å². The Bertz CT molecular complexity index is 4170. The van der Waals surface area contributed by atoms with Crippen LogP contribution in [-0.2, 0) is 0 Å². The molecule has 0 amide bonds. The van der Waals surface area contributed by atoms with Gasteiger partial charge < -0.3 is 0 Å². The Morgan fingerprint density at radius 2 is 0.812 bits per heavy atom. The lowest BCUT2D eigenvalue weighted by Crippen LogP contribution is -2.05. The first kappa shape index (κ1) is 39.9. The third kappa shape index (κ3) is 6.76. The molecule has 0 unspecified atom stereocenters. The first-order valence-electron chi connectivity index (χ1n) is 23.1. The Balaban J connectivity index is 0.936. The van der Waals surface area contributed by atoms with Crippen molar-refractivity contribution in [3.05, 3.63) is 248 Å². The molecule has 0 aliphatic carbocycles. The van der Waals surface area contributed by atoms with Gasteiger partial charge in [0.05, 0.1) is 49.8 Å². The van der Waals surface area contributed by atoms with E-state index >= 15 is 0 Å². The number of nitrogens with zero attached hydrogens (tertiary/aromatic N) is 8. The van der Waals surface area contributed by atoms with Gasteiger partial charge in [-0.1, -0.05) is 146 Å². The molecule has 0 radical (unpaired) electrons. The Labute approximate surface area is 397 Å². The van der Waals surface area contributed by atoms with Gasteiger partial charge in [0.15, 0.2) is 5.84 Å². The van der Waals surface area contributed by atoms with Gasteiger partial charge >= 0.3 is 0 Å². The van der Waals surface area contributed by atoms with Crippen molar-refractivity contribution in [1.82, 2.24) is 27.9 Å². The number of hydrogen-bond acceptors (Lipinski definition) is 3. The highest BCUT2D eigenvalue weighted by atomic mass is 15.2. The Kier molecular flexibility index (Phi) is 9.36. The van der Waals surface area contributed by atoms with Gasteiger partial charge in [-0.15, -0.1) is 0 Å². The molecule has 8 heteroatoms. The summed E-state index contributed by atoms with van der Waals surface area (Å²) in [6, 6.07) is 78.2. The van der Waals surface area contributed by atoms with E-state index in [9.17, 15) is 0 Å². The van der Waals surface area contributed by atoms with E-state index in [-0.39, 0.29) is 0 Å². The summed E-state index contributed by atoms with van der Waals surface area (Å²) < 4.78 is 9.09. The van der Waals surface area contributed by atoms with Gasteiger partial charge in [-0.05, 0) is 125 Å². The zero-order valence-corrected chi connectivity index (χ0v) is 37.6. The highest BCUT2D eigenvalue weighted by Crippen LogP contribution is 2.36. The van der Waals surface area contributed by atoms with Crippen LogP contribution in [0, 0.1) is 0 Å². The van der Waals surface area contributed by atoms with Crippen molar-refractivity contribution in [1.29, 1.82) is 0 Å². The van der Waals surface area contributed by atoms with Crippen LogP contribution in [0.3, 0.4) is 0 Å². The summed E-state index contributed by atoms with van der Waals surface area (Å²) >= 11 is 0. The minimum Gasteiger partial charge on any atom is -0.278 e. The molecule has 0 saturated carbocycles. The van der Waals surface area contributed by atoms with Crippen LogP contribution < -0.4 is 0 Å². The number of aromatic nitrogens is 6. The maximum atomic E-state index is 5.24. The van der Waals surface area contributed by atoms with Crippen molar-refractivity contribution in [3.63, 3.8) is 0 Å². The summed E-state index contributed by atoms with van der Waals surface area (Å²) in [7, 11) is 0. The zero-order valence-electron chi connectivity index (χ0n) is 37.6. The van der Waals surface area contributed by atoms with Crippen molar-refractivity contribution in [3.8, 4) is 33.6 Å². The number of imidazole rings is 4. The van der Waals surface area contributed by atoms with Crippen LogP contribution in [0.5, 0.6) is 0 Å². The lowest BCUT2D eigenvalue weighted by Gasteiger charge is -2.10. The average Bonchev–Trinajstić information content (AvgIpc) is 4.15. The molecule has 8 nitrogen and oxygen atoms in total. The SMILES string of the molecule is C=C(N=C(N=C(C)c1ccccc1)c1ccc(-n2c3ccc(-c4ccc5c(c4)n4c6ccccc6nc4n5-c4ccc(-c5ccccc5)cc4)cc3n3c4ccccc4nc23)cc1)c1ccccc1. The van der Waals surface area contributed by atoms with E-state index in [0.29, 0.717) is 11.5 Å². The van der Waals surface area contributed by atoms with Crippen LogP contribution in [0.4, 0.5) is 0 Å². The molecular formula is C61H42N8. The second kappa shape index (κ2) is 16.2. The molecule has 13 aromatic rings. The van der Waals surface area contributed by atoms with E-state index in [0.717, 1.165) is 101 Å². The van der Waals surface area contributed by atoms with Crippen molar-refractivity contribution in [2.45, 2.75) is 6.92 Å². The van der Waals surface area contributed by atoms with Crippen molar-refractivity contribution in [2.75, 3.05) is 0 Å². The van der Waals surface area contributed by atoms with Gasteiger partial charge in [-0.25, -0.2) is 20.0 Å². The van der Waals surface area contributed by atoms with Crippen molar-refractivity contribution < 1.29 is 0 Å². The fourth-order valence-electron chi connectivity index (χ4n) is 9.74. The number of aliphatic imine (C=N–C) groups is 2. The van der Waals surface area contributed by atoms with Crippen LogP contribution in [0.25, 0.3) is 95.0 Å². The van der Waals surface area contributed by atoms with Gasteiger partial charge in [0.2, 0.25) is 11.6 Å². The summed E-state index contributed by atoms with van der Waals surface area (Å²) in [5.41, 5.74) is 19.2. The van der Waals surface area contributed by atoms with Crippen LogP contribution in [0.2, 0.25) is 0 Å². The smallest absolute Gasteiger partial charge is 0.220 e. The van der Waals surface area contributed by atoms with Gasteiger partial charge in [0.1, 0.15) is 0 Å². The second-order valence-electron chi connectivity index (χ2n) is 17.3. The topological polar surface area (TPSA) is 69.2 Å². The lowest BCUT2D eigenvalue weighted by atomic mass is 10.0. The summed E-state index contributed by atoms with van der Waals surface area (Å²) in [5.74, 6) is 2.29. The largest absolute Gasteiger partial charge is 0.278 e. The predicted molar refractivity (Wildman–Crippen MR) is 284 cm³/mol. The zero-order chi connectivity index (χ0) is 46.0. The van der Waals surface area contributed by atoms with Gasteiger partial charge in [-0.2, -0.15) is 0 Å². The molecule has 0 N–H and O–H groups in total. The monoisotopic (exact) mass is 886 g/mol. The third-order valence-corrected chi connectivity index (χ3v) is 13.2. The number of amidine groups is 1. The normalized spacial score (nSPS) is 12.4. The van der Waals surface area contributed by atoms with E-state index < -0.39 is 0 Å². The Morgan fingerprint density at radius 1 is 0.377 bits per heavy atom. The minimum absolute atomic E-state index is 0.588. The summed E-state index contributed by atoms with van der Waals surface area (Å²) in [6.45, 7) is 6.35. The fraction of sp³-hybridized carbons (Fsp3) is 0.0164. The molecule has 0 atom stereocenters. The third-order valence-electron chi connectivity index (χ3n) is 13.2. The number of rotatable bonds is 8. The molecule has 0 aliphatic rings. The summed E-state index contributed by atoms with van der Waals surface area (Å²) in [4.78, 5) is 20.6. The standard InChI is InChI=1S/C61H42N8/c1-40(42-16-6-3-7-17-42)62-59(63-41(2)43-18-8-4-9-19-43)46-28-34-50(35-29-46)67-56-37-31-48(39-58(56)69-54-25-15-13-23-52(54)65-61(67)69)47-30-36-55-57(38-47)68-53-24-14-12-22-51(53)64-60(68)66(55)49-32-26-45(27-33-49)44-20-10-5-11-21-44/h3-39H,1H2,2H3. The maximum Gasteiger partial charge on any atom is 0.220 e. The van der Waals surface area contributed by atoms with Crippen molar-refractivity contribution >= 4 is 72.9 Å². The first-order chi connectivity index (χ1) is 34.0. The second-order valence-corrected chi connectivity index (χ2v) is 17.3. The molecule has 69 heavy (non-hydrogen) atoms. The number of benzene rings is 9. The molecular weight excluding hydrogens is 845 g/mol. The van der Waals surface area contributed by atoms with Crippen LogP contribution in [-0.4, -0.2) is 39.5 Å². The molecule has 13 rings (SSSR count). The maximum absolute atomic E-state index is 5.24. The van der Waals surface area contributed by atoms with Crippen LogP contribution in [0.15, 0.2) is 241 Å². The van der Waals surface area contributed by atoms with Crippen LogP contribution >= 0.6 is 0 Å². The average molecular weight is 887 g/mol. The van der Waals surface area contributed by atoms with Gasteiger partial charge in [-0.3, -0.25) is 17.9 Å². The van der Waals surface area contributed by atoms with E-state index in [1.54, 1.807) is 0 Å². The van der Waals surface area contributed by atoms with Crippen LogP contribution in [0.1, 0.15) is 23.6 Å². The summed E-state index contributed by atoms with van der Waals surface area (Å²) in [6.07, 6.45) is 0. The molecule has 9 aromatic carbocycles. The molecule has 326 valence electrons. The molecule has 0 spiro atoms. The number of hydrogen-bond donors (Lipinski definition) is 0. The Morgan fingerprint density at radius 3 is 1.35 bits per heavy atom. The number of para-hydroxylation sites is 4. The predicted octanol–water partition coefficient (Wildman–Crippen LogP) is 14.4. The summed E-state index contributed by atoms with van der Waals surface area (Å²) in [5, 5.41) is 0. The van der Waals surface area contributed by atoms with Gasteiger partial charge in [0.25, 0.3) is 0 Å². The minimum atomic E-state index is 0.588. The Hall–Kier alpha value is -9.40. The molecule has 0 fully saturated rings. The molecule has 0 bridgehead atoms. The van der Waals surface area contributed by atoms with E-state index in [1.807, 2.05) is 61.5 Å².